The first-order valence-corrected chi connectivity index (χ1v) is 6.51. The number of hydrogen-bond donors (Lipinski definition) is 1. The minimum absolute atomic E-state index is 0.404. The molecule has 2 rings (SSSR count). The van der Waals surface area contributed by atoms with Gasteiger partial charge >= 0.3 is 0 Å². The Labute approximate surface area is 101 Å². The van der Waals surface area contributed by atoms with Crippen LogP contribution >= 0.6 is 11.3 Å². The summed E-state index contributed by atoms with van der Waals surface area (Å²) in [5, 5.41) is 7.86. The average molecular weight is 231 g/mol. The lowest BCUT2D eigenvalue weighted by Gasteiger charge is -2.16. The van der Waals surface area contributed by atoms with Gasteiger partial charge in [-0.25, -0.2) is 0 Å². The Bertz CT molecular complexity index is 434. The summed E-state index contributed by atoms with van der Waals surface area (Å²) in [7, 11) is 0. The van der Waals surface area contributed by atoms with Gasteiger partial charge in [-0.1, -0.05) is 24.3 Å². The van der Waals surface area contributed by atoms with Crippen molar-refractivity contribution in [3.05, 3.63) is 57.8 Å². The van der Waals surface area contributed by atoms with Gasteiger partial charge in [0.05, 0.1) is 0 Å². The van der Waals surface area contributed by atoms with Gasteiger partial charge in [-0.05, 0) is 47.4 Å². The van der Waals surface area contributed by atoms with Crippen LogP contribution in [0.3, 0.4) is 0 Å². The molecule has 0 bridgehead atoms. The highest BCUT2D eigenvalue weighted by Crippen LogP contribution is 2.17. The van der Waals surface area contributed by atoms with E-state index in [9.17, 15) is 0 Å². The fourth-order valence-electron chi connectivity index (χ4n) is 1.85. The van der Waals surface area contributed by atoms with Crippen molar-refractivity contribution in [2.45, 2.75) is 26.4 Å². The molecule has 1 N–H and O–H groups in total. The van der Waals surface area contributed by atoms with E-state index in [-0.39, 0.29) is 0 Å². The minimum Gasteiger partial charge on any atom is -0.306 e. The van der Waals surface area contributed by atoms with Crippen LogP contribution in [0.2, 0.25) is 0 Å². The number of aryl methyl sites for hydroxylation is 1. The molecule has 0 aliphatic carbocycles. The predicted molar refractivity (Wildman–Crippen MR) is 70.8 cm³/mol. The van der Waals surface area contributed by atoms with Crippen LogP contribution in [0.5, 0.6) is 0 Å². The van der Waals surface area contributed by atoms with Crippen molar-refractivity contribution in [1.29, 1.82) is 0 Å². The highest BCUT2D eigenvalue weighted by atomic mass is 32.1. The second-order valence-electron chi connectivity index (χ2n) is 4.09. The number of hydrogen-bond acceptors (Lipinski definition) is 2. The molecular weight excluding hydrogens is 214 g/mol. The molecule has 2 aromatic rings. The van der Waals surface area contributed by atoms with Crippen LogP contribution in [0.4, 0.5) is 0 Å². The molecule has 1 atom stereocenters. The number of nitrogens with one attached hydrogen (secondary N) is 1. The summed E-state index contributed by atoms with van der Waals surface area (Å²) < 4.78 is 0. The molecule has 0 aliphatic heterocycles. The Morgan fingerprint density at radius 2 is 2.06 bits per heavy atom. The van der Waals surface area contributed by atoms with Crippen molar-refractivity contribution in [3.8, 4) is 0 Å². The summed E-state index contributed by atoms with van der Waals surface area (Å²) in [5.41, 5.74) is 4.11. The molecule has 84 valence electrons. The first-order chi connectivity index (χ1) is 7.77. The van der Waals surface area contributed by atoms with Gasteiger partial charge in [0.15, 0.2) is 0 Å². The van der Waals surface area contributed by atoms with E-state index in [0.717, 1.165) is 6.54 Å². The molecule has 1 aromatic carbocycles. The van der Waals surface area contributed by atoms with Crippen molar-refractivity contribution >= 4 is 11.3 Å². The molecule has 1 aromatic heterocycles. The summed E-state index contributed by atoms with van der Waals surface area (Å²) in [5.74, 6) is 0. The van der Waals surface area contributed by atoms with Crippen molar-refractivity contribution < 1.29 is 0 Å². The van der Waals surface area contributed by atoms with Crippen LogP contribution < -0.4 is 5.32 Å². The maximum atomic E-state index is 3.55. The number of rotatable bonds is 4. The number of thiophene rings is 1. The topological polar surface area (TPSA) is 12.0 Å². The Hall–Kier alpha value is -1.12. The van der Waals surface area contributed by atoms with Crippen molar-refractivity contribution in [2.75, 3.05) is 0 Å². The standard InChI is InChI=1S/C14H17NS/c1-11-5-3-4-6-14(11)12(2)15-9-13-7-8-16-10-13/h3-8,10,12,15H,9H2,1-2H3/t12-/m0/s1. The molecule has 0 spiro atoms. The first-order valence-electron chi connectivity index (χ1n) is 5.57. The molecule has 1 nitrogen and oxygen atoms in total. The molecule has 0 amide bonds. The van der Waals surface area contributed by atoms with E-state index in [2.05, 4.69) is 60.3 Å². The predicted octanol–water partition coefficient (Wildman–Crippen LogP) is 3.91. The maximum absolute atomic E-state index is 3.55. The lowest BCUT2D eigenvalue weighted by atomic mass is 10.0. The zero-order chi connectivity index (χ0) is 11.4. The SMILES string of the molecule is Cc1ccccc1[C@H](C)NCc1ccsc1. The monoisotopic (exact) mass is 231 g/mol. The third-order valence-electron chi connectivity index (χ3n) is 2.85. The maximum Gasteiger partial charge on any atom is 0.0297 e. The normalized spacial score (nSPS) is 12.6. The van der Waals surface area contributed by atoms with Crippen LogP contribution in [0.25, 0.3) is 0 Å². The summed E-state index contributed by atoms with van der Waals surface area (Å²) in [6.07, 6.45) is 0. The molecule has 0 fully saturated rings. The third-order valence-corrected chi connectivity index (χ3v) is 3.58. The molecule has 0 saturated heterocycles. The summed E-state index contributed by atoms with van der Waals surface area (Å²) in [6, 6.07) is 11.1. The second-order valence-corrected chi connectivity index (χ2v) is 4.87. The summed E-state index contributed by atoms with van der Waals surface area (Å²) in [4.78, 5) is 0. The van der Waals surface area contributed by atoms with Gasteiger partial charge in [0.25, 0.3) is 0 Å². The van der Waals surface area contributed by atoms with Gasteiger partial charge in [-0.15, -0.1) is 0 Å². The lowest BCUT2D eigenvalue weighted by molar-refractivity contribution is 0.573. The Balaban J connectivity index is 1.98. The molecule has 2 heteroatoms. The quantitative estimate of drug-likeness (QED) is 0.841. The van der Waals surface area contributed by atoms with Crippen LogP contribution in [0, 0.1) is 6.92 Å². The molecule has 0 saturated carbocycles. The molecular formula is C14H17NS. The molecule has 1 heterocycles. The van der Waals surface area contributed by atoms with Gasteiger partial charge in [-0.3, -0.25) is 0 Å². The molecule has 16 heavy (non-hydrogen) atoms. The van der Waals surface area contributed by atoms with E-state index in [1.807, 2.05) is 0 Å². The fourth-order valence-corrected chi connectivity index (χ4v) is 2.52. The summed E-state index contributed by atoms with van der Waals surface area (Å²) in [6.45, 7) is 5.33. The largest absolute Gasteiger partial charge is 0.306 e. The van der Waals surface area contributed by atoms with Crippen molar-refractivity contribution in [1.82, 2.24) is 5.32 Å². The van der Waals surface area contributed by atoms with Gasteiger partial charge in [-0.2, -0.15) is 11.3 Å². The number of benzene rings is 1. The Morgan fingerprint density at radius 1 is 1.25 bits per heavy atom. The minimum atomic E-state index is 0.404. The Kier molecular flexibility index (Phi) is 3.75. The molecule has 0 radical (unpaired) electrons. The fraction of sp³-hybridized carbons (Fsp3) is 0.286. The smallest absolute Gasteiger partial charge is 0.0297 e. The van der Waals surface area contributed by atoms with Crippen LogP contribution in [-0.2, 0) is 6.54 Å². The van der Waals surface area contributed by atoms with E-state index in [1.165, 1.54) is 16.7 Å². The van der Waals surface area contributed by atoms with E-state index in [0.29, 0.717) is 6.04 Å². The van der Waals surface area contributed by atoms with Crippen LogP contribution in [-0.4, -0.2) is 0 Å². The zero-order valence-corrected chi connectivity index (χ0v) is 10.6. The van der Waals surface area contributed by atoms with E-state index >= 15 is 0 Å². The van der Waals surface area contributed by atoms with Crippen molar-refractivity contribution in [3.63, 3.8) is 0 Å². The molecule has 0 unspecified atom stereocenters. The highest BCUT2D eigenvalue weighted by Gasteiger charge is 2.06. The summed E-state index contributed by atoms with van der Waals surface area (Å²) >= 11 is 1.75. The van der Waals surface area contributed by atoms with Gasteiger partial charge in [0, 0.05) is 12.6 Å². The van der Waals surface area contributed by atoms with Crippen molar-refractivity contribution in [2.24, 2.45) is 0 Å². The first kappa shape index (κ1) is 11.4. The zero-order valence-electron chi connectivity index (χ0n) is 9.73. The van der Waals surface area contributed by atoms with E-state index in [1.54, 1.807) is 11.3 Å². The van der Waals surface area contributed by atoms with Crippen LogP contribution in [0.15, 0.2) is 41.1 Å². The van der Waals surface area contributed by atoms with E-state index in [4.69, 9.17) is 0 Å². The van der Waals surface area contributed by atoms with Crippen LogP contribution in [0.1, 0.15) is 29.7 Å². The second kappa shape index (κ2) is 5.28. The van der Waals surface area contributed by atoms with Gasteiger partial charge in [0.2, 0.25) is 0 Å². The van der Waals surface area contributed by atoms with Gasteiger partial charge in [0.1, 0.15) is 0 Å². The third kappa shape index (κ3) is 2.71. The lowest BCUT2D eigenvalue weighted by Crippen LogP contribution is -2.18. The van der Waals surface area contributed by atoms with E-state index < -0.39 is 0 Å². The Morgan fingerprint density at radius 3 is 2.75 bits per heavy atom. The van der Waals surface area contributed by atoms with Gasteiger partial charge < -0.3 is 5.32 Å². The average Bonchev–Trinajstić information content (AvgIpc) is 2.79. The highest BCUT2D eigenvalue weighted by molar-refractivity contribution is 7.07. The molecule has 0 aliphatic rings.